The lowest BCUT2D eigenvalue weighted by atomic mass is 9.86. The molecule has 3 heterocycles. The summed E-state index contributed by atoms with van der Waals surface area (Å²) >= 11 is 1.54. The number of aromatic nitrogens is 1. The van der Waals surface area contributed by atoms with Gasteiger partial charge in [-0.05, 0) is 75.6 Å². The molecule has 29 heavy (non-hydrogen) atoms. The summed E-state index contributed by atoms with van der Waals surface area (Å²) in [4.78, 5) is 33.0. The van der Waals surface area contributed by atoms with Crippen LogP contribution in [0.1, 0.15) is 45.9 Å². The van der Waals surface area contributed by atoms with Crippen LogP contribution in [0, 0.1) is 25.7 Å². The molecule has 2 aromatic rings. The number of carbonyl (C=O) groups excluding carboxylic acids is 2. The van der Waals surface area contributed by atoms with Crippen molar-refractivity contribution in [3.63, 3.8) is 0 Å². The number of hydrogen-bond acceptors (Lipinski definition) is 5. The van der Waals surface area contributed by atoms with E-state index in [1.54, 1.807) is 23.2 Å². The van der Waals surface area contributed by atoms with Crippen molar-refractivity contribution in [1.29, 1.82) is 0 Å². The second-order valence-electron chi connectivity index (χ2n) is 8.03. The highest BCUT2D eigenvalue weighted by Crippen LogP contribution is 2.39. The lowest BCUT2D eigenvalue weighted by Crippen LogP contribution is -2.48. The summed E-state index contributed by atoms with van der Waals surface area (Å²) in [6, 6.07) is 7.61. The Labute approximate surface area is 175 Å². The van der Waals surface area contributed by atoms with Crippen LogP contribution in [-0.2, 0) is 0 Å². The molecule has 0 spiro atoms. The predicted molar refractivity (Wildman–Crippen MR) is 112 cm³/mol. The van der Waals surface area contributed by atoms with E-state index in [-0.39, 0.29) is 18.0 Å². The molecule has 1 atom stereocenters. The highest BCUT2D eigenvalue weighted by molar-refractivity contribution is 7.13. The van der Waals surface area contributed by atoms with E-state index in [1.165, 1.54) is 24.2 Å². The van der Waals surface area contributed by atoms with Crippen molar-refractivity contribution in [1.82, 2.24) is 15.2 Å². The monoisotopic (exact) mass is 413 g/mol. The first-order valence-corrected chi connectivity index (χ1v) is 11.1. The summed E-state index contributed by atoms with van der Waals surface area (Å²) in [6.07, 6.45) is 5.48. The van der Waals surface area contributed by atoms with Crippen LogP contribution in [0.4, 0.5) is 4.79 Å². The first-order valence-electron chi connectivity index (χ1n) is 10.3. The zero-order valence-corrected chi connectivity index (χ0v) is 17.7. The summed E-state index contributed by atoms with van der Waals surface area (Å²) < 4.78 is 5.52. The average Bonchev–Trinajstić information content (AvgIpc) is 3.47. The van der Waals surface area contributed by atoms with Gasteiger partial charge in [0.05, 0.1) is 10.6 Å². The molecule has 2 aromatic heterocycles. The minimum Gasteiger partial charge on any atom is -0.408 e. The van der Waals surface area contributed by atoms with Crippen LogP contribution in [0.15, 0.2) is 30.5 Å². The van der Waals surface area contributed by atoms with Crippen LogP contribution in [0.3, 0.4) is 0 Å². The fourth-order valence-electron chi connectivity index (χ4n) is 4.03. The standard InChI is InChI=1S/C22H27N3O3S/c1-14-5-8-19(29-14)21(26)24-20(16-6-7-16)17-9-12-25(13-10-17)22(27)28-18-4-3-11-23-15(18)2/h3-5,8,11,16-17,20H,6-7,9-10,12-13H2,1-2H3,(H,24,26). The van der Waals surface area contributed by atoms with Crippen molar-refractivity contribution in [3.8, 4) is 5.75 Å². The molecule has 0 radical (unpaired) electrons. The Morgan fingerprint density at radius 1 is 1.14 bits per heavy atom. The summed E-state index contributed by atoms with van der Waals surface area (Å²) in [6.45, 7) is 5.15. The van der Waals surface area contributed by atoms with Crippen molar-refractivity contribution < 1.29 is 14.3 Å². The second kappa shape index (κ2) is 8.53. The van der Waals surface area contributed by atoms with E-state index < -0.39 is 0 Å². The summed E-state index contributed by atoms with van der Waals surface area (Å²) in [7, 11) is 0. The fraction of sp³-hybridized carbons (Fsp3) is 0.500. The second-order valence-corrected chi connectivity index (χ2v) is 9.31. The number of aryl methyl sites for hydroxylation is 2. The van der Waals surface area contributed by atoms with E-state index >= 15 is 0 Å². The molecule has 2 aliphatic rings. The quantitative estimate of drug-likeness (QED) is 0.798. The SMILES string of the molecule is Cc1ccc(C(=O)NC(C2CC2)C2CCN(C(=O)Oc3cccnc3C)CC2)s1. The number of thiophene rings is 1. The third-order valence-corrected chi connectivity index (χ3v) is 6.85. The molecular weight excluding hydrogens is 386 g/mol. The molecule has 6 nitrogen and oxygen atoms in total. The number of amides is 2. The Morgan fingerprint density at radius 3 is 2.48 bits per heavy atom. The molecule has 0 bridgehead atoms. The van der Waals surface area contributed by atoms with Gasteiger partial charge in [0.1, 0.15) is 0 Å². The Kier molecular flexibility index (Phi) is 5.85. The van der Waals surface area contributed by atoms with E-state index in [9.17, 15) is 9.59 Å². The van der Waals surface area contributed by atoms with Gasteiger partial charge in [-0.2, -0.15) is 0 Å². The lowest BCUT2D eigenvalue weighted by Gasteiger charge is -2.36. The van der Waals surface area contributed by atoms with Gasteiger partial charge < -0.3 is 15.0 Å². The highest BCUT2D eigenvalue weighted by Gasteiger charge is 2.39. The molecule has 7 heteroatoms. The molecule has 0 aromatic carbocycles. The fourth-order valence-corrected chi connectivity index (χ4v) is 4.80. The molecule has 1 aliphatic carbocycles. The number of likely N-dealkylation sites (tertiary alicyclic amines) is 1. The Hall–Kier alpha value is -2.41. The number of pyridine rings is 1. The summed E-state index contributed by atoms with van der Waals surface area (Å²) in [5.74, 6) is 1.51. The number of ether oxygens (including phenoxy) is 1. The Bertz CT molecular complexity index is 885. The van der Waals surface area contributed by atoms with Crippen LogP contribution >= 0.6 is 11.3 Å². The van der Waals surface area contributed by atoms with Gasteiger partial charge in [-0.25, -0.2) is 4.79 Å². The maximum atomic E-state index is 12.7. The molecule has 2 fully saturated rings. The van der Waals surface area contributed by atoms with E-state index in [2.05, 4.69) is 10.3 Å². The van der Waals surface area contributed by atoms with Crippen molar-refractivity contribution in [2.24, 2.45) is 11.8 Å². The van der Waals surface area contributed by atoms with Crippen LogP contribution in [-0.4, -0.2) is 41.0 Å². The zero-order chi connectivity index (χ0) is 20.4. The minimum atomic E-state index is -0.319. The van der Waals surface area contributed by atoms with Crippen LogP contribution in [0.2, 0.25) is 0 Å². The number of piperidine rings is 1. The van der Waals surface area contributed by atoms with E-state index in [0.29, 0.717) is 36.4 Å². The molecule has 1 unspecified atom stereocenters. The van der Waals surface area contributed by atoms with Crippen LogP contribution in [0.5, 0.6) is 5.75 Å². The first-order chi connectivity index (χ1) is 14.0. The molecule has 2 amide bonds. The lowest BCUT2D eigenvalue weighted by molar-refractivity contribution is 0.0874. The smallest absolute Gasteiger partial charge is 0.408 e. The summed E-state index contributed by atoms with van der Waals surface area (Å²) in [5.41, 5.74) is 0.705. The Balaban J connectivity index is 1.33. The van der Waals surface area contributed by atoms with Crippen LogP contribution in [0.25, 0.3) is 0 Å². The van der Waals surface area contributed by atoms with Crippen molar-refractivity contribution >= 4 is 23.3 Å². The van der Waals surface area contributed by atoms with Gasteiger partial charge in [0.2, 0.25) is 0 Å². The molecular formula is C22H27N3O3S. The van der Waals surface area contributed by atoms with Crippen molar-refractivity contribution in [3.05, 3.63) is 45.9 Å². The average molecular weight is 414 g/mol. The topological polar surface area (TPSA) is 71.5 Å². The predicted octanol–water partition coefficient (Wildman–Crippen LogP) is 4.18. The minimum absolute atomic E-state index is 0.0360. The molecule has 1 aliphatic heterocycles. The van der Waals surface area contributed by atoms with Gasteiger partial charge in [0.25, 0.3) is 5.91 Å². The van der Waals surface area contributed by atoms with Crippen molar-refractivity contribution in [2.45, 2.75) is 45.6 Å². The number of hydrogen-bond donors (Lipinski definition) is 1. The van der Waals surface area contributed by atoms with E-state index in [4.69, 9.17) is 4.74 Å². The number of rotatable bonds is 5. The normalized spacial score (nSPS) is 18.3. The van der Waals surface area contributed by atoms with Gasteiger partial charge in [0.15, 0.2) is 5.75 Å². The third-order valence-electron chi connectivity index (χ3n) is 5.85. The first kappa shape index (κ1) is 19.9. The maximum Gasteiger partial charge on any atom is 0.415 e. The molecule has 4 rings (SSSR count). The van der Waals surface area contributed by atoms with Gasteiger partial charge in [0, 0.05) is 30.2 Å². The number of nitrogens with one attached hydrogen (secondary N) is 1. The van der Waals surface area contributed by atoms with Gasteiger partial charge in [-0.3, -0.25) is 9.78 Å². The molecule has 1 N–H and O–H groups in total. The number of nitrogens with zero attached hydrogens (tertiary/aromatic N) is 2. The van der Waals surface area contributed by atoms with E-state index in [0.717, 1.165) is 22.6 Å². The Morgan fingerprint density at radius 2 is 1.86 bits per heavy atom. The zero-order valence-electron chi connectivity index (χ0n) is 16.9. The molecule has 154 valence electrons. The molecule has 1 saturated carbocycles. The van der Waals surface area contributed by atoms with Gasteiger partial charge in [-0.15, -0.1) is 11.3 Å². The third kappa shape index (κ3) is 4.78. The van der Waals surface area contributed by atoms with Crippen molar-refractivity contribution in [2.75, 3.05) is 13.1 Å². The molecule has 1 saturated heterocycles. The van der Waals surface area contributed by atoms with Gasteiger partial charge >= 0.3 is 6.09 Å². The number of carbonyl (C=O) groups is 2. The van der Waals surface area contributed by atoms with Gasteiger partial charge in [-0.1, -0.05) is 0 Å². The van der Waals surface area contributed by atoms with Crippen LogP contribution < -0.4 is 10.1 Å². The van der Waals surface area contributed by atoms with E-state index in [1.807, 2.05) is 26.0 Å². The summed E-state index contributed by atoms with van der Waals surface area (Å²) in [5, 5.41) is 3.30. The highest BCUT2D eigenvalue weighted by atomic mass is 32.1. The largest absolute Gasteiger partial charge is 0.415 e. The maximum absolute atomic E-state index is 12.7.